The molecule has 110 valence electrons. The van der Waals surface area contributed by atoms with Crippen molar-refractivity contribution in [1.82, 2.24) is 15.0 Å². The minimum absolute atomic E-state index is 0.135. The lowest BCUT2D eigenvalue weighted by molar-refractivity contribution is 0.0999. The van der Waals surface area contributed by atoms with Gasteiger partial charge in [-0.05, 0) is 30.7 Å². The van der Waals surface area contributed by atoms with Gasteiger partial charge in [-0.3, -0.25) is 9.59 Å². The lowest BCUT2D eigenvalue weighted by Crippen LogP contribution is -2.25. The molecule has 0 aliphatic carbocycles. The zero-order valence-corrected chi connectivity index (χ0v) is 11.4. The standard InChI is InChI=1S/C15H12N4O3/c16-14(20)10-7-9(11-4-5-17-8-18-11)13(19-15(10)21)12-3-1-2-6-22-12/h2-8H,1H2,(H2,16,20)(H,19,21). The number of allylic oxidation sites excluding steroid dienone is 2. The predicted octanol–water partition coefficient (Wildman–Crippen LogP) is 1.21. The summed E-state index contributed by atoms with van der Waals surface area (Å²) < 4.78 is 5.43. The van der Waals surface area contributed by atoms with Crippen LogP contribution in [0.3, 0.4) is 0 Å². The summed E-state index contributed by atoms with van der Waals surface area (Å²) in [4.78, 5) is 34.1. The number of amides is 1. The number of nitrogens with one attached hydrogen (secondary N) is 1. The zero-order valence-electron chi connectivity index (χ0n) is 11.4. The molecule has 0 atom stereocenters. The van der Waals surface area contributed by atoms with Crippen LogP contribution in [0.5, 0.6) is 0 Å². The highest BCUT2D eigenvalue weighted by molar-refractivity contribution is 5.94. The molecule has 7 heteroatoms. The third-order valence-electron chi connectivity index (χ3n) is 3.14. The van der Waals surface area contributed by atoms with E-state index in [1.807, 2.05) is 12.2 Å². The Morgan fingerprint density at radius 3 is 2.91 bits per heavy atom. The highest BCUT2D eigenvalue weighted by atomic mass is 16.5. The molecule has 3 N–H and O–H groups in total. The van der Waals surface area contributed by atoms with E-state index >= 15 is 0 Å². The maximum atomic E-state index is 12.0. The molecule has 0 saturated heterocycles. The van der Waals surface area contributed by atoms with Gasteiger partial charge in [0.1, 0.15) is 17.6 Å². The topological polar surface area (TPSA) is 111 Å². The molecule has 3 heterocycles. The van der Waals surface area contributed by atoms with E-state index in [-0.39, 0.29) is 5.56 Å². The van der Waals surface area contributed by atoms with Crippen LogP contribution in [-0.2, 0) is 4.74 Å². The van der Waals surface area contributed by atoms with E-state index in [9.17, 15) is 9.59 Å². The number of ether oxygens (including phenoxy) is 1. The van der Waals surface area contributed by atoms with Crippen LogP contribution in [0.1, 0.15) is 22.5 Å². The van der Waals surface area contributed by atoms with Gasteiger partial charge in [-0.15, -0.1) is 0 Å². The maximum Gasteiger partial charge on any atom is 0.261 e. The summed E-state index contributed by atoms with van der Waals surface area (Å²) in [6.07, 6.45) is 8.82. The van der Waals surface area contributed by atoms with Gasteiger partial charge < -0.3 is 15.5 Å². The van der Waals surface area contributed by atoms with Crippen LogP contribution < -0.4 is 11.3 Å². The number of aromatic amines is 1. The second-order valence-electron chi connectivity index (χ2n) is 4.55. The van der Waals surface area contributed by atoms with Crippen LogP contribution in [-0.4, -0.2) is 20.9 Å². The molecule has 2 aromatic rings. The Balaban J connectivity index is 2.24. The molecule has 0 saturated carbocycles. The van der Waals surface area contributed by atoms with Crippen molar-refractivity contribution in [2.45, 2.75) is 6.42 Å². The Morgan fingerprint density at radius 2 is 2.27 bits per heavy atom. The fourth-order valence-electron chi connectivity index (χ4n) is 2.12. The molecule has 0 aromatic carbocycles. The molecule has 0 bridgehead atoms. The van der Waals surface area contributed by atoms with Crippen LogP contribution in [0.15, 0.2) is 47.9 Å². The average Bonchev–Trinajstić information content (AvgIpc) is 2.56. The van der Waals surface area contributed by atoms with Crippen molar-refractivity contribution in [3.63, 3.8) is 0 Å². The molecule has 1 amide bonds. The van der Waals surface area contributed by atoms with Crippen molar-refractivity contribution in [2.75, 3.05) is 0 Å². The Labute approximate surface area is 125 Å². The second kappa shape index (κ2) is 5.65. The molecule has 2 aromatic heterocycles. The Hall–Kier alpha value is -3.22. The first kappa shape index (κ1) is 13.7. The molecule has 0 radical (unpaired) electrons. The van der Waals surface area contributed by atoms with Gasteiger partial charge in [0.15, 0.2) is 0 Å². The molecule has 0 fully saturated rings. The fraction of sp³-hybridized carbons (Fsp3) is 0.0667. The Kier molecular flexibility index (Phi) is 3.53. The monoisotopic (exact) mass is 296 g/mol. The van der Waals surface area contributed by atoms with Crippen LogP contribution in [0.4, 0.5) is 0 Å². The highest BCUT2D eigenvalue weighted by Gasteiger charge is 2.18. The van der Waals surface area contributed by atoms with Crippen LogP contribution in [0.25, 0.3) is 17.0 Å². The fourth-order valence-corrected chi connectivity index (χ4v) is 2.12. The molecule has 1 aliphatic heterocycles. The molecule has 22 heavy (non-hydrogen) atoms. The summed E-state index contributed by atoms with van der Waals surface area (Å²) in [5, 5.41) is 0. The van der Waals surface area contributed by atoms with E-state index in [2.05, 4.69) is 15.0 Å². The first-order valence-electron chi connectivity index (χ1n) is 6.52. The van der Waals surface area contributed by atoms with Crippen molar-refractivity contribution < 1.29 is 9.53 Å². The quantitative estimate of drug-likeness (QED) is 0.884. The number of nitrogens with two attached hydrogens (primary N) is 1. The van der Waals surface area contributed by atoms with Crippen molar-refractivity contribution in [1.29, 1.82) is 0 Å². The summed E-state index contributed by atoms with van der Waals surface area (Å²) in [5.74, 6) is -0.314. The average molecular weight is 296 g/mol. The van der Waals surface area contributed by atoms with Crippen LogP contribution >= 0.6 is 0 Å². The van der Waals surface area contributed by atoms with Gasteiger partial charge in [0.2, 0.25) is 0 Å². The number of carbonyl (C=O) groups is 1. The van der Waals surface area contributed by atoms with E-state index in [1.165, 1.54) is 12.4 Å². The van der Waals surface area contributed by atoms with Gasteiger partial charge in [0.05, 0.1) is 17.6 Å². The van der Waals surface area contributed by atoms with E-state index in [0.717, 1.165) is 0 Å². The SMILES string of the molecule is NC(=O)c1cc(-c2ccncn2)c(C2=CCC=CO2)[nH]c1=O. The summed E-state index contributed by atoms with van der Waals surface area (Å²) >= 11 is 0. The number of H-pyrrole nitrogens is 1. The van der Waals surface area contributed by atoms with Crippen molar-refractivity contribution >= 4 is 11.7 Å². The molecule has 1 aliphatic rings. The van der Waals surface area contributed by atoms with Crippen LogP contribution in [0, 0.1) is 0 Å². The first-order valence-corrected chi connectivity index (χ1v) is 6.52. The molecule has 7 nitrogen and oxygen atoms in total. The third kappa shape index (κ3) is 2.51. The normalized spacial score (nSPS) is 13.4. The zero-order chi connectivity index (χ0) is 15.5. The maximum absolute atomic E-state index is 12.0. The smallest absolute Gasteiger partial charge is 0.261 e. The van der Waals surface area contributed by atoms with Crippen molar-refractivity contribution in [3.05, 3.63) is 64.7 Å². The summed E-state index contributed by atoms with van der Waals surface area (Å²) in [6.45, 7) is 0. The lowest BCUT2D eigenvalue weighted by atomic mass is 10.0. The Bertz CT molecular complexity index is 838. The summed E-state index contributed by atoms with van der Waals surface area (Å²) in [5.41, 5.74) is 6.06. The van der Waals surface area contributed by atoms with Gasteiger partial charge >= 0.3 is 0 Å². The van der Waals surface area contributed by atoms with Gasteiger partial charge in [-0.25, -0.2) is 9.97 Å². The molecular formula is C15H12N4O3. The van der Waals surface area contributed by atoms with Crippen molar-refractivity contribution in [3.8, 4) is 11.3 Å². The van der Waals surface area contributed by atoms with Gasteiger partial charge in [-0.1, -0.05) is 0 Å². The minimum atomic E-state index is -0.804. The van der Waals surface area contributed by atoms with Crippen molar-refractivity contribution in [2.24, 2.45) is 5.73 Å². The predicted molar refractivity (Wildman–Crippen MR) is 79.4 cm³/mol. The van der Waals surface area contributed by atoms with E-state index < -0.39 is 11.5 Å². The number of rotatable bonds is 3. The van der Waals surface area contributed by atoms with E-state index in [1.54, 1.807) is 18.5 Å². The molecule has 3 rings (SSSR count). The largest absolute Gasteiger partial charge is 0.463 e. The number of carbonyl (C=O) groups excluding carboxylic acids is 1. The number of pyridine rings is 1. The number of hydrogen-bond acceptors (Lipinski definition) is 5. The highest BCUT2D eigenvalue weighted by Crippen LogP contribution is 2.28. The molecule has 0 unspecified atom stereocenters. The molecular weight excluding hydrogens is 284 g/mol. The van der Waals surface area contributed by atoms with Crippen LogP contribution in [0.2, 0.25) is 0 Å². The minimum Gasteiger partial charge on any atom is -0.463 e. The van der Waals surface area contributed by atoms with Gasteiger partial charge in [0.25, 0.3) is 11.5 Å². The summed E-state index contributed by atoms with van der Waals surface area (Å²) in [7, 11) is 0. The first-order chi connectivity index (χ1) is 10.7. The second-order valence-corrected chi connectivity index (χ2v) is 4.55. The lowest BCUT2D eigenvalue weighted by Gasteiger charge is -2.14. The van der Waals surface area contributed by atoms with Gasteiger partial charge in [0, 0.05) is 11.8 Å². The van der Waals surface area contributed by atoms with E-state index in [0.29, 0.717) is 29.1 Å². The number of aromatic nitrogens is 3. The third-order valence-corrected chi connectivity index (χ3v) is 3.14. The molecule has 0 spiro atoms. The van der Waals surface area contributed by atoms with Gasteiger partial charge in [-0.2, -0.15) is 0 Å². The Morgan fingerprint density at radius 1 is 1.41 bits per heavy atom. The summed E-state index contributed by atoms with van der Waals surface area (Å²) in [6, 6.07) is 3.09. The van der Waals surface area contributed by atoms with E-state index in [4.69, 9.17) is 10.5 Å². The number of primary amides is 1. The number of nitrogens with zero attached hydrogens (tertiary/aromatic N) is 2. The number of hydrogen-bond donors (Lipinski definition) is 2.